The molecular formula is C23H26N2O2S. The first-order valence-corrected chi connectivity index (χ1v) is 10.8. The summed E-state index contributed by atoms with van der Waals surface area (Å²) in [5.41, 5.74) is 5.06. The average Bonchev–Trinajstić information content (AvgIpc) is 2.73. The zero-order valence-corrected chi connectivity index (χ0v) is 17.1. The molecule has 1 aromatic heterocycles. The van der Waals surface area contributed by atoms with Gasteiger partial charge in [0.2, 0.25) is 0 Å². The van der Waals surface area contributed by atoms with Crippen LogP contribution in [0.5, 0.6) is 5.75 Å². The van der Waals surface area contributed by atoms with Crippen molar-refractivity contribution in [1.82, 2.24) is 10.3 Å². The first-order chi connectivity index (χ1) is 13.7. The van der Waals surface area contributed by atoms with Gasteiger partial charge in [0.25, 0.3) is 4.74 Å². The third-order valence-electron chi connectivity index (χ3n) is 5.61. The van der Waals surface area contributed by atoms with E-state index in [1.54, 1.807) is 7.11 Å². The molecule has 1 N–H and O–H groups in total. The average molecular weight is 395 g/mol. The second-order valence-electron chi connectivity index (χ2n) is 7.39. The molecule has 4 rings (SSSR count). The van der Waals surface area contributed by atoms with E-state index < -0.39 is 0 Å². The second kappa shape index (κ2) is 8.84. The number of methoxy groups -OCH3 is 1. The van der Waals surface area contributed by atoms with Gasteiger partial charge in [-0.3, -0.25) is 9.78 Å². The van der Waals surface area contributed by atoms with Crippen LogP contribution in [0, 0.1) is 0 Å². The fraction of sp³-hybridized carbons (Fsp3) is 0.391. The Hall–Kier alpha value is -2.24. The molecule has 1 atom stereocenters. The number of nitrogens with zero attached hydrogens (tertiary/aromatic N) is 1. The molecule has 0 amide bonds. The Bertz CT molecular complexity index is 1010. The molecule has 0 saturated heterocycles. The van der Waals surface area contributed by atoms with Gasteiger partial charge in [0.1, 0.15) is 5.75 Å². The normalized spacial score (nSPS) is 16.1. The number of ether oxygens (including phenoxy) is 1. The molecule has 0 aliphatic heterocycles. The van der Waals surface area contributed by atoms with Crippen molar-refractivity contribution in [3.8, 4) is 5.75 Å². The molecule has 5 heteroatoms. The topological polar surface area (TPSA) is 51.2 Å². The van der Waals surface area contributed by atoms with Gasteiger partial charge in [0.05, 0.1) is 23.5 Å². The van der Waals surface area contributed by atoms with Crippen molar-refractivity contribution in [1.29, 1.82) is 0 Å². The summed E-state index contributed by atoms with van der Waals surface area (Å²) in [4.78, 5) is 15.6. The molecule has 0 bridgehead atoms. The van der Waals surface area contributed by atoms with E-state index in [2.05, 4.69) is 40.6 Å². The van der Waals surface area contributed by atoms with Gasteiger partial charge in [-0.05, 0) is 86.0 Å². The molecule has 1 heterocycles. The van der Waals surface area contributed by atoms with Crippen LogP contribution in [0.1, 0.15) is 41.9 Å². The predicted octanol–water partition coefficient (Wildman–Crippen LogP) is 4.31. The lowest BCUT2D eigenvalue weighted by Crippen LogP contribution is -2.22. The number of fused-ring (bicyclic) bond motifs is 2. The SMILES string of the molecule is COc1cccc2c1CCCC2CCNCCc1ccc2sc(=O)cnc2c1. The zero-order chi connectivity index (χ0) is 19.3. The van der Waals surface area contributed by atoms with Gasteiger partial charge < -0.3 is 10.1 Å². The lowest BCUT2D eigenvalue weighted by atomic mass is 9.80. The first-order valence-electron chi connectivity index (χ1n) is 10.00. The Morgan fingerprint density at radius 2 is 2.18 bits per heavy atom. The van der Waals surface area contributed by atoms with Gasteiger partial charge in [0.15, 0.2) is 0 Å². The summed E-state index contributed by atoms with van der Waals surface area (Å²) < 4.78 is 6.51. The highest BCUT2D eigenvalue weighted by Gasteiger charge is 2.22. The number of aromatic nitrogens is 1. The summed E-state index contributed by atoms with van der Waals surface area (Å²) in [5.74, 6) is 1.67. The Morgan fingerprint density at radius 3 is 3.07 bits per heavy atom. The zero-order valence-electron chi connectivity index (χ0n) is 16.2. The molecule has 0 saturated carbocycles. The highest BCUT2D eigenvalue weighted by Crippen LogP contribution is 2.38. The van der Waals surface area contributed by atoms with E-state index in [4.69, 9.17) is 4.74 Å². The Morgan fingerprint density at radius 1 is 1.25 bits per heavy atom. The maximum Gasteiger partial charge on any atom is 0.251 e. The number of benzene rings is 2. The van der Waals surface area contributed by atoms with E-state index in [1.807, 2.05) is 6.07 Å². The summed E-state index contributed by atoms with van der Waals surface area (Å²) in [6.07, 6.45) is 7.18. The van der Waals surface area contributed by atoms with Gasteiger partial charge in [-0.25, -0.2) is 0 Å². The van der Waals surface area contributed by atoms with Crippen LogP contribution in [0.15, 0.2) is 47.4 Å². The van der Waals surface area contributed by atoms with Crippen molar-refractivity contribution in [2.24, 2.45) is 0 Å². The van der Waals surface area contributed by atoms with E-state index in [0.29, 0.717) is 5.92 Å². The number of hydrogen-bond donors (Lipinski definition) is 1. The molecule has 1 aliphatic carbocycles. The molecule has 1 aliphatic rings. The Balaban J connectivity index is 1.29. The molecule has 146 valence electrons. The van der Waals surface area contributed by atoms with Crippen molar-refractivity contribution in [3.05, 3.63) is 68.8 Å². The van der Waals surface area contributed by atoms with Gasteiger partial charge in [-0.1, -0.05) is 29.5 Å². The molecule has 0 radical (unpaired) electrons. The molecule has 28 heavy (non-hydrogen) atoms. The molecule has 1 unspecified atom stereocenters. The first kappa shape index (κ1) is 19.1. The number of rotatable bonds is 7. The van der Waals surface area contributed by atoms with E-state index in [0.717, 1.165) is 48.3 Å². The van der Waals surface area contributed by atoms with Gasteiger partial charge >= 0.3 is 0 Å². The summed E-state index contributed by atoms with van der Waals surface area (Å²) in [5, 5.41) is 3.60. The van der Waals surface area contributed by atoms with Crippen molar-refractivity contribution in [2.75, 3.05) is 20.2 Å². The van der Waals surface area contributed by atoms with Crippen LogP contribution in [0.4, 0.5) is 0 Å². The lowest BCUT2D eigenvalue weighted by Gasteiger charge is -2.27. The van der Waals surface area contributed by atoms with E-state index >= 15 is 0 Å². The van der Waals surface area contributed by atoms with E-state index in [1.165, 1.54) is 47.1 Å². The van der Waals surface area contributed by atoms with Crippen molar-refractivity contribution in [2.45, 2.75) is 38.0 Å². The molecular weight excluding hydrogens is 368 g/mol. The summed E-state index contributed by atoms with van der Waals surface area (Å²) in [6.45, 7) is 1.97. The van der Waals surface area contributed by atoms with E-state index in [9.17, 15) is 4.79 Å². The fourth-order valence-corrected chi connectivity index (χ4v) is 4.88. The largest absolute Gasteiger partial charge is 0.496 e. The standard InChI is InChI=1S/C23H26N2O2S/c1-27-21-7-3-5-18-17(4-2-6-19(18)21)11-13-24-12-10-16-8-9-22-20(14-16)25-15-23(26)28-22/h3,5,7-9,14-15,17,24H,2,4,6,10-13H2,1H3. The third-order valence-corrected chi connectivity index (χ3v) is 6.48. The minimum Gasteiger partial charge on any atom is -0.496 e. The van der Waals surface area contributed by atoms with Gasteiger partial charge in [0, 0.05) is 0 Å². The lowest BCUT2D eigenvalue weighted by molar-refractivity contribution is 0.401. The number of hydrogen-bond acceptors (Lipinski definition) is 5. The van der Waals surface area contributed by atoms with Crippen LogP contribution in [0.2, 0.25) is 0 Å². The minimum atomic E-state index is 0.00354. The van der Waals surface area contributed by atoms with E-state index in [-0.39, 0.29) is 4.74 Å². The Labute approximate surface area is 169 Å². The van der Waals surface area contributed by atoms with Gasteiger partial charge in [-0.2, -0.15) is 0 Å². The summed E-state index contributed by atoms with van der Waals surface area (Å²) in [7, 11) is 1.77. The van der Waals surface area contributed by atoms with Crippen LogP contribution < -0.4 is 14.8 Å². The van der Waals surface area contributed by atoms with Crippen molar-refractivity contribution in [3.63, 3.8) is 0 Å². The molecule has 0 fully saturated rings. The van der Waals surface area contributed by atoms with Crippen LogP contribution in [-0.2, 0) is 12.8 Å². The number of nitrogens with one attached hydrogen (secondary N) is 1. The third kappa shape index (κ3) is 4.26. The molecule has 4 nitrogen and oxygen atoms in total. The molecule has 3 aromatic rings. The monoisotopic (exact) mass is 394 g/mol. The van der Waals surface area contributed by atoms with Crippen LogP contribution in [-0.4, -0.2) is 25.2 Å². The highest BCUT2D eigenvalue weighted by molar-refractivity contribution is 7.16. The molecule has 0 spiro atoms. The van der Waals surface area contributed by atoms with Crippen LogP contribution >= 0.6 is 11.3 Å². The quantitative estimate of drug-likeness (QED) is 0.607. The Kier molecular flexibility index (Phi) is 6.03. The minimum absolute atomic E-state index is 0.00354. The van der Waals surface area contributed by atoms with Crippen LogP contribution in [0.3, 0.4) is 0 Å². The highest BCUT2D eigenvalue weighted by atomic mass is 32.1. The summed E-state index contributed by atoms with van der Waals surface area (Å²) >= 11 is 1.25. The molecule has 2 aromatic carbocycles. The maximum atomic E-state index is 11.4. The smallest absolute Gasteiger partial charge is 0.251 e. The summed E-state index contributed by atoms with van der Waals surface area (Å²) in [6, 6.07) is 12.7. The van der Waals surface area contributed by atoms with Crippen molar-refractivity contribution >= 4 is 21.6 Å². The van der Waals surface area contributed by atoms with Crippen LogP contribution in [0.25, 0.3) is 10.2 Å². The fourth-order valence-electron chi connectivity index (χ4n) is 4.20. The maximum absolute atomic E-state index is 11.4. The predicted molar refractivity (Wildman–Crippen MR) is 116 cm³/mol. The van der Waals surface area contributed by atoms with Crippen molar-refractivity contribution < 1.29 is 4.74 Å². The van der Waals surface area contributed by atoms with Gasteiger partial charge in [-0.15, -0.1) is 0 Å². The second-order valence-corrected chi connectivity index (χ2v) is 8.43.